The zero-order valence-corrected chi connectivity index (χ0v) is 12.9. The van der Waals surface area contributed by atoms with Crippen LogP contribution in [0, 0.1) is 0 Å². The van der Waals surface area contributed by atoms with Crippen LogP contribution in [0.25, 0.3) is 0 Å². The van der Waals surface area contributed by atoms with Gasteiger partial charge in [-0.3, -0.25) is 4.79 Å². The summed E-state index contributed by atoms with van der Waals surface area (Å²) in [5, 5.41) is 0. The van der Waals surface area contributed by atoms with Crippen molar-refractivity contribution in [1.29, 1.82) is 0 Å². The number of nitrogens with zero attached hydrogens (tertiary/aromatic N) is 1. The van der Waals surface area contributed by atoms with Crippen LogP contribution < -0.4 is 4.90 Å². The summed E-state index contributed by atoms with van der Waals surface area (Å²) in [4.78, 5) is 14.6. The van der Waals surface area contributed by atoms with Crippen molar-refractivity contribution in [2.45, 2.75) is 25.8 Å². The molecule has 102 valence electrons. The van der Waals surface area contributed by atoms with E-state index in [9.17, 15) is 4.79 Å². The molecule has 0 saturated heterocycles. The summed E-state index contributed by atoms with van der Waals surface area (Å²) in [6.07, 6.45) is 1.39. The lowest BCUT2D eigenvalue weighted by Crippen LogP contribution is -2.36. The van der Waals surface area contributed by atoms with Crippen LogP contribution in [0.15, 0.2) is 53.0 Å². The molecule has 1 amide bonds. The minimum Gasteiger partial charge on any atom is -0.309 e. The zero-order valence-electron chi connectivity index (χ0n) is 11.3. The summed E-state index contributed by atoms with van der Waals surface area (Å²) in [7, 11) is 0. The van der Waals surface area contributed by atoms with Crippen molar-refractivity contribution >= 4 is 27.5 Å². The molecule has 0 spiro atoms. The largest absolute Gasteiger partial charge is 0.309 e. The Morgan fingerprint density at radius 3 is 2.85 bits per heavy atom. The van der Waals surface area contributed by atoms with Gasteiger partial charge in [0, 0.05) is 16.2 Å². The second-order valence-corrected chi connectivity index (χ2v) is 6.17. The first-order valence-electron chi connectivity index (χ1n) is 6.79. The molecule has 1 aliphatic heterocycles. The molecule has 0 bridgehead atoms. The molecule has 1 atom stereocenters. The lowest BCUT2D eigenvalue weighted by molar-refractivity contribution is -0.118. The lowest BCUT2D eigenvalue weighted by Gasteiger charge is -2.22. The highest BCUT2D eigenvalue weighted by Gasteiger charge is 2.30. The highest BCUT2D eigenvalue weighted by molar-refractivity contribution is 9.10. The molecule has 3 rings (SSSR count). The van der Waals surface area contributed by atoms with Gasteiger partial charge in [0.15, 0.2) is 0 Å². The van der Waals surface area contributed by atoms with Gasteiger partial charge in [0.1, 0.15) is 0 Å². The molecule has 20 heavy (non-hydrogen) atoms. The van der Waals surface area contributed by atoms with E-state index < -0.39 is 0 Å². The maximum absolute atomic E-state index is 12.6. The van der Waals surface area contributed by atoms with Crippen molar-refractivity contribution in [2.24, 2.45) is 0 Å². The number of hydrogen-bond acceptors (Lipinski definition) is 1. The van der Waals surface area contributed by atoms with Gasteiger partial charge in [0.05, 0.1) is 6.42 Å². The fourth-order valence-corrected chi connectivity index (χ4v) is 3.30. The molecule has 3 heteroatoms. The maximum Gasteiger partial charge on any atom is 0.231 e. The third kappa shape index (κ3) is 2.50. The summed E-state index contributed by atoms with van der Waals surface area (Å²) >= 11 is 3.45. The zero-order chi connectivity index (χ0) is 14.1. The predicted octanol–water partition coefficient (Wildman–Crippen LogP) is 3.97. The number of carbonyl (C=O) groups excluding carboxylic acids is 1. The molecule has 2 aromatic carbocycles. The van der Waals surface area contributed by atoms with Crippen LogP contribution >= 0.6 is 15.9 Å². The average Bonchev–Trinajstić information content (AvgIpc) is 2.74. The van der Waals surface area contributed by atoms with Gasteiger partial charge in [0.2, 0.25) is 5.91 Å². The van der Waals surface area contributed by atoms with Crippen LogP contribution in [-0.2, 0) is 17.6 Å². The SMILES string of the molecule is C[C@H]1Cc2ccccc2N1C(=O)Cc1cccc(Br)c1. The number of amides is 1. The van der Waals surface area contributed by atoms with E-state index >= 15 is 0 Å². The quantitative estimate of drug-likeness (QED) is 0.816. The molecule has 0 aromatic heterocycles. The summed E-state index contributed by atoms with van der Waals surface area (Å²) in [5.74, 6) is 0.167. The summed E-state index contributed by atoms with van der Waals surface area (Å²) in [6, 6.07) is 16.4. The van der Waals surface area contributed by atoms with Gasteiger partial charge in [-0.2, -0.15) is 0 Å². The molecule has 0 fully saturated rings. The highest BCUT2D eigenvalue weighted by atomic mass is 79.9. The first kappa shape index (κ1) is 13.4. The minimum absolute atomic E-state index is 0.167. The normalized spacial score (nSPS) is 17.1. The Labute approximate surface area is 127 Å². The fraction of sp³-hybridized carbons (Fsp3) is 0.235. The summed E-state index contributed by atoms with van der Waals surface area (Å²) in [5.41, 5.74) is 3.38. The first-order valence-corrected chi connectivity index (χ1v) is 7.59. The molecule has 1 heterocycles. The average molecular weight is 330 g/mol. The van der Waals surface area contributed by atoms with Crippen LogP contribution in [0.1, 0.15) is 18.1 Å². The molecule has 0 aliphatic carbocycles. The molecular weight excluding hydrogens is 314 g/mol. The van der Waals surface area contributed by atoms with E-state index in [1.165, 1.54) is 5.56 Å². The Morgan fingerprint density at radius 2 is 2.05 bits per heavy atom. The van der Waals surface area contributed by atoms with Crippen LogP contribution in [0.2, 0.25) is 0 Å². The number of fused-ring (bicyclic) bond motifs is 1. The number of anilines is 1. The van der Waals surface area contributed by atoms with Gasteiger partial charge < -0.3 is 4.90 Å². The van der Waals surface area contributed by atoms with Gasteiger partial charge in [-0.15, -0.1) is 0 Å². The maximum atomic E-state index is 12.6. The van der Waals surface area contributed by atoms with Crippen molar-refractivity contribution < 1.29 is 4.79 Å². The molecule has 0 unspecified atom stereocenters. The number of carbonyl (C=O) groups is 1. The Morgan fingerprint density at radius 1 is 1.25 bits per heavy atom. The van der Waals surface area contributed by atoms with E-state index in [-0.39, 0.29) is 11.9 Å². The monoisotopic (exact) mass is 329 g/mol. The Bertz CT molecular complexity index is 653. The fourth-order valence-electron chi connectivity index (χ4n) is 2.85. The molecular formula is C17H16BrNO. The van der Waals surface area contributed by atoms with Crippen molar-refractivity contribution in [1.82, 2.24) is 0 Å². The van der Waals surface area contributed by atoms with Gasteiger partial charge in [-0.05, 0) is 42.7 Å². The topological polar surface area (TPSA) is 20.3 Å². The van der Waals surface area contributed by atoms with Gasteiger partial charge in [-0.25, -0.2) is 0 Å². The van der Waals surface area contributed by atoms with E-state index in [2.05, 4.69) is 28.9 Å². The molecule has 0 radical (unpaired) electrons. The molecule has 2 aromatic rings. The van der Waals surface area contributed by atoms with Crippen LogP contribution in [0.4, 0.5) is 5.69 Å². The summed E-state index contributed by atoms with van der Waals surface area (Å²) < 4.78 is 1.01. The predicted molar refractivity (Wildman–Crippen MR) is 84.9 cm³/mol. The molecule has 0 N–H and O–H groups in total. The Kier molecular flexibility index (Phi) is 3.62. The van der Waals surface area contributed by atoms with Gasteiger partial charge >= 0.3 is 0 Å². The van der Waals surface area contributed by atoms with Crippen molar-refractivity contribution in [2.75, 3.05) is 4.90 Å². The Hall–Kier alpha value is -1.61. The van der Waals surface area contributed by atoms with E-state index in [4.69, 9.17) is 0 Å². The number of benzene rings is 2. The van der Waals surface area contributed by atoms with Crippen molar-refractivity contribution in [3.63, 3.8) is 0 Å². The lowest BCUT2D eigenvalue weighted by atomic mass is 10.1. The number of rotatable bonds is 2. The van der Waals surface area contributed by atoms with E-state index in [1.54, 1.807) is 0 Å². The van der Waals surface area contributed by atoms with Gasteiger partial charge in [0.25, 0.3) is 0 Å². The van der Waals surface area contributed by atoms with Crippen LogP contribution in [0.5, 0.6) is 0 Å². The second-order valence-electron chi connectivity index (χ2n) is 5.25. The number of para-hydroxylation sites is 1. The van der Waals surface area contributed by atoms with Crippen molar-refractivity contribution in [3.05, 3.63) is 64.1 Å². The van der Waals surface area contributed by atoms with Crippen LogP contribution in [-0.4, -0.2) is 11.9 Å². The molecule has 0 saturated carbocycles. The first-order chi connectivity index (χ1) is 9.65. The van der Waals surface area contributed by atoms with E-state index in [1.807, 2.05) is 47.4 Å². The third-order valence-corrected chi connectivity index (χ3v) is 4.21. The third-order valence-electron chi connectivity index (χ3n) is 3.72. The number of hydrogen-bond donors (Lipinski definition) is 0. The van der Waals surface area contributed by atoms with E-state index in [0.717, 1.165) is 22.1 Å². The molecule has 2 nitrogen and oxygen atoms in total. The standard InChI is InChI=1S/C17H16BrNO/c1-12-9-14-6-2-3-8-16(14)19(12)17(20)11-13-5-4-7-15(18)10-13/h2-8,10,12H,9,11H2,1H3/t12-/m0/s1. The van der Waals surface area contributed by atoms with E-state index in [0.29, 0.717) is 6.42 Å². The number of halogens is 1. The molecule has 1 aliphatic rings. The van der Waals surface area contributed by atoms with Crippen molar-refractivity contribution in [3.8, 4) is 0 Å². The minimum atomic E-state index is 0.167. The second kappa shape index (κ2) is 5.41. The smallest absolute Gasteiger partial charge is 0.231 e. The van der Waals surface area contributed by atoms with Gasteiger partial charge in [-0.1, -0.05) is 46.3 Å². The Balaban J connectivity index is 1.84. The summed E-state index contributed by atoms with van der Waals surface area (Å²) in [6.45, 7) is 2.11. The highest BCUT2D eigenvalue weighted by Crippen LogP contribution is 2.32. The van der Waals surface area contributed by atoms with Crippen LogP contribution in [0.3, 0.4) is 0 Å².